The van der Waals surface area contributed by atoms with Crippen molar-refractivity contribution >= 4 is 0 Å². The number of rotatable bonds is 7. The van der Waals surface area contributed by atoms with E-state index in [1.165, 1.54) is 17.7 Å². The van der Waals surface area contributed by atoms with Crippen LogP contribution in [-0.4, -0.2) is 11.1 Å². The second-order valence-corrected chi connectivity index (χ2v) is 4.61. The number of hydrogen-bond donors (Lipinski definition) is 1. The summed E-state index contributed by atoms with van der Waals surface area (Å²) in [4.78, 5) is 0. The van der Waals surface area contributed by atoms with E-state index in [2.05, 4.69) is 65.5 Å². The van der Waals surface area contributed by atoms with Gasteiger partial charge in [0.2, 0.25) is 0 Å². The molecule has 1 N–H and O–H groups in total. The van der Waals surface area contributed by atoms with Gasteiger partial charge in [-0.1, -0.05) is 37.3 Å². The Hall–Kier alpha value is -1.54. The molecule has 0 radical (unpaired) electrons. The molecule has 2 rings (SSSR count). The first-order chi connectivity index (χ1) is 8.90. The van der Waals surface area contributed by atoms with Crippen LogP contribution in [0.5, 0.6) is 0 Å². The van der Waals surface area contributed by atoms with E-state index in [9.17, 15) is 0 Å². The lowest BCUT2D eigenvalue weighted by Crippen LogP contribution is -2.18. The zero-order chi connectivity index (χ0) is 12.6. The number of nitrogens with one attached hydrogen (secondary N) is 1. The van der Waals surface area contributed by atoms with Gasteiger partial charge in [0.15, 0.2) is 0 Å². The van der Waals surface area contributed by atoms with Gasteiger partial charge in [-0.05, 0) is 37.1 Å². The highest BCUT2D eigenvalue weighted by Gasteiger charge is 1.99. The summed E-state index contributed by atoms with van der Waals surface area (Å²) in [7, 11) is 0. The van der Waals surface area contributed by atoms with Crippen molar-refractivity contribution in [3.8, 4) is 0 Å². The molecule has 2 heteroatoms. The monoisotopic (exact) mass is 242 g/mol. The Morgan fingerprint density at radius 3 is 2.67 bits per heavy atom. The summed E-state index contributed by atoms with van der Waals surface area (Å²) in [6, 6.07) is 15.0. The molecule has 0 saturated carbocycles. The summed E-state index contributed by atoms with van der Waals surface area (Å²) < 4.78 is 2.33. The van der Waals surface area contributed by atoms with Crippen LogP contribution in [0.1, 0.15) is 24.6 Å². The van der Waals surface area contributed by atoms with E-state index >= 15 is 0 Å². The molecule has 18 heavy (non-hydrogen) atoms. The number of nitrogens with zero attached hydrogens (tertiary/aromatic N) is 1. The average molecular weight is 242 g/mol. The predicted molar refractivity (Wildman–Crippen MR) is 76.6 cm³/mol. The van der Waals surface area contributed by atoms with Crippen LogP contribution in [0.15, 0.2) is 48.7 Å². The largest absolute Gasteiger partial charge is 0.350 e. The highest BCUT2D eigenvalue weighted by Crippen LogP contribution is 2.03. The summed E-state index contributed by atoms with van der Waals surface area (Å²) in [5.74, 6) is 0. The van der Waals surface area contributed by atoms with Crippen molar-refractivity contribution in [2.75, 3.05) is 6.54 Å². The summed E-state index contributed by atoms with van der Waals surface area (Å²) in [5, 5.41) is 3.51. The smallest absolute Gasteiger partial charge is 0.0359 e. The van der Waals surface area contributed by atoms with Crippen LogP contribution in [0.4, 0.5) is 0 Å². The van der Waals surface area contributed by atoms with Crippen LogP contribution < -0.4 is 5.32 Å². The third kappa shape index (κ3) is 3.74. The van der Waals surface area contributed by atoms with Crippen LogP contribution >= 0.6 is 0 Å². The zero-order valence-corrected chi connectivity index (χ0v) is 11.1. The first kappa shape index (κ1) is 12.9. The SMILES string of the molecule is CCCn1cccc1CNCCc1ccccc1. The molecule has 2 aromatic rings. The minimum absolute atomic E-state index is 0.958. The molecule has 0 spiro atoms. The molecule has 1 aromatic carbocycles. The van der Waals surface area contributed by atoms with Gasteiger partial charge in [-0.15, -0.1) is 0 Å². The number of aryl methyl sites for hydroxylation is 1. The van der Waals surface area contributed by atoms with Crippen molar-refractivity contribution in [2.45, 2.75) is 32.9 Å². The summed E-state index contributed by atoms with van der Waals surface area (Å²) in [6.45, 7) is 5.32. The van der Waals surface area contributed by atoms with Gasteiger partial charge < -0.3 is 9.88 Å². The van der Waals surface area contributed by atoms with Crippen molar-refractivity contribution in [3.05, 3.63) is 59.9 Å². The lowest BCUT2D eigenvalue weighted by molar-refractivity contribution is 0.602. The molecule has 0 aliphatic heterocycles. The molecular weight excluding hydrogens is 220 g/mol. The fraction of sp³-hybridized carbons (Fsp3) is 0.375. The molecule has 1 heterocycles. The molecule has 0 fully saturated rings. The standard InChI is InChI=1S/C16H22N2/c1-2-12-18-13-6-9-16(18)14-17-11-10-15-7-4-3-5-8-15/h3-9,13,17H,2,10-12,14H2,1H3. The Balaban J connectivity index is 1.73. The first-order valence-electron chi connectivity index (χ1n) is 6.79. The van der Waals surface area contributed by atoms with Gasteiger partial charge in [0, 0.05) is 25.0 Å². The minimum atomic E-state index is 0.958. The van der Waals surface area contributed by atoms with Gasteiger partial charge in [-0.2, -0.15) is 0 Å². The van der Waals surface area contributed by atoms with Gasteiger partial charge in [0.25, 0.3) is 0 Å². The quantitative estimate of drug-likeness (QED) is 0.738. The van der Waals surface area contributed by atoms with Gasteiger partial charge in [-0.25, -0.2) is 0 Å². The van der Waals surface area contributed by atoms with Crippen molar-refractivity contribution in [3.63, 3.8) is 0 Å². The molecule has 96 valence electrons. The minimum Gasteiger partial charge on any atom is -0.350 e. The van der Waals surface area contributed by atoms with E-state index in [1.54, 1.807) is 0 Å². The third-order valence-corrected chi connectivity index (χ3v) is 3.13. The van der Waals surface area contributed by atoms with Crippen molar-refractivity contribution in [1.29, 1.82) is 0 Å². The third-order valence-electron chi connectivity index (χ3n) is 3.13. The fourth-order valence-electron chi connectivity index (χ4n) is 2.16. The van der Waals surface area contributed by atoms with Gasteiger partial charge >= 0.3 is 0 Å². The van der Waals surface area contributed by atoms with E-state index in [1.807, 2.05) is 0 Å². The van der Waals surface area contributed by atoms with E-state index in [0.29, 0.717) is 0 Å². The average Bonchev–Trinajstić information content (AvgIpc) is 2.84. The highest BCUT2D eigenvalue weighted by atomic mass is 15.0. The van der Waals surface area contributed by atoms with Crippen LogP contribution in [-0.2, 0) is 19.5 Å². The fourth-order valence-corrected chi connectivity index (χ4v) is 2.16. The van der Waals surface area contributed by atoms with Gasteiger partial charge in [0.1, 0.15) is 0 Å². The van der Waals surface area contributed by atoms with E-state index < -0.39 is 0 Å². The van der Waals surface area contributed by atoms with Crippen molar-refractivity contribution in [1.82, 2.24) is 9.88 Å². The molecule has 0 aliphatic carbocycles. The van der Waals surface area contributed by atoms with E-state index in [-0.39, 0.29) is 0 Å². The van der Waals surface area contributed by atoms with Crippen LogP contribution in [0, 0.1) is 0 Å². The maximum atomic E-state index is 3.51. The Bertz CT molecular complexity index is 445. The molecule has 2 nitrogen and oxygen atoms in total. The normalized spacial score (nSPS) is 10.7. The second-order valence-electron chi connectivity index (χ2n) is 4.61. The zero-order valence-electron chi connectivity index (χ0n) is 11.1. The Kier molecular flexibility index (Phi) is 5.03. The maximum Gasteiger partial charge on any atom is 0.0359 e. The lowest BCUT2D eigenvalue weighted by Gasteiger charge is -2.09. The van der Waals surface area contributed by atoms with Gasteiger partial charge in [-0.3, -0.25) is 0 Å². The highest BCUT2D eigenvalue weighted by molar-refractivity contribution is 5.15. The predicted octanol–water partition coefficient (Wildman–Crippen LogP) is 3.23. The van der Waals surface area contributed by atoms with Crippen LogP contribution in [0.25, 0.3) is 0 Å². The second kappa shape index (κ2) is 7.02. The Labute approximate surface area is 110 Å². The Morgan fingerprint density at radius 1 is 1.06 bits per heavy atom. The summed E-state index contributed by atoms with van der Waals surface area (Å²) >= 11 is 0. The first-order valence-corrected chi connectivity index (χ1v) is 6.79. The number of aromatic nitrogens is 1. The molecule has 0 bridgehead atoms. The van der Waals surface area contributed by atoms with Crippen molar-refractivity contribution in [2.24, 2.45) is 0 Å². The molecular formula is C16H22N2. The molecule has 1 aromatic heterocycles. The Morgan fingerprint density at radius 2 is 1.89 bits per heavy atom. The molecule has 0 saturated heterocycles. The maximum absolute atomic E-state index is 3.51. The van der Waals surface area contributed by atoms with Crippen LogP contribution in [0.3, 0.4) is 0 Å². The van der Waals surface area contributed by atoms with Crippen LogP contribution in [0.2, 0.25) is 0 Å². The van der Waals surface area contributed by atoms with E-state index in [0.717, 1.165) is 26.1 Å². The van der Waals surface area contributed by atoms with Gasteiger partial charge in [0.05, 0.1) is 0 Å². The summed E-state index contributed by atoms with van der Waals surface area (Å²) in [5.41, 5.74) is 2.78. The summed E-state index contributed by atoms with van der Waals surface area (Å²) in [6.07, 6.45) is 4.44. The number of benzene rings is 1. The lowest BCUT2D eigenvalue weighted by atomic mass is 10.1. The molecule has 0 atom stereocenters. The van der Waals surface area contributed by atoms with Crippen molar-refractivity contribution < 1.29 is 0 Å². The topological polar surface area (TPSA) is 17.0 Å². The molecule has 0 amide bonds. The van der Waals surface area contributed by atoms with E-state index in [4.69, 9.17) is 0 Å². The molecule has 0 unspecified atom stereocenters. The molecule has 0 aliphatic rings. The number of hydrogen-bond acceptors (Lipinski definition) is 1.